The van der Waals surface area contributed by atoms with Gasteiger partial charge in [-0.1, -0.05) is 0 Å². The van der Waals surface area contributed by atoms with E-state index in [9.17, 15) is 0 Å². The van der Waals surface area contributed by atoms with Crippen molar-refractivity contribution in [3.05, 3.63) is 42.2 Å². The normalized spacial score (nSPS) is 10.1. The first-order valence-corrected chi connectivity index (χ1v) is 5.05. The lowest BCUT2D eigenvalue weighted by Crippen LogP contribution is -1.90. The fraction of sp³-hybridized carbons (Fsp3) is 0.154. The Morgan fingerprint density at radius 3 is 2.56 bits per heavy atom. The van der Waals surface area contributed by atoms with Crippen LogP contribution in [0.2, 0.25) is 0 Å². The SMILES string of the molecule is COc1cc(N)cc(-c2cncc(C)c2)c1. The summed E-state index contributed by atoms with van der Waals surface area (Å²) in [5.74, 6) is 0.761. The van der Waals surface area contributed by atoms with E-state index >= 15 is 0 Å². The first kappa shape index (κ1) is 10.5. The first-order chi connectivity index (χ1) is 7.69. The summed E-state index contributed by atoms with van der Waals surface area (Å²) in [6.45, 7) is 2.01. The molecule has 0 saturated carbocycles. The smallest absolute Gasteiger partial charge is 0.121 e. The number of rotatable bonds is 2. The minimum atomic E-state index is 0.691. The van der Waals surface area contributed by atoms with Crippen LogP contribution in [0.1, 0.15) is 5.56 Å². The van der Waals surface area contributed by atoms with Gasteiger partial charge < -0.3 is 10.5 Å². The molecular weight excluding hydrogens is 200 g/mol. The minimum Gasteiger partial charge on any atom is -0.497 e. The Morgan fingerprint density at radius 2 is 1.88 bits per heavy atom. The molecule has 0 fully saturated rings. The maximum Gasteiger partial charge on any atom is 0.121 e. The Labute approximate surface area is 94.9 Å². The summed E-state index contributed by atoms with van der Waals surface area (Å²) in [6.07, 6.45) is 3.65. The molecule has 1 heterocycles. The number of nitrogens with two attached hydrogens (primary N) is 1. The Bertz CT molecular complexity index is 509. The van der Waals surface area contributed by atoms with E-state index in [1.807, 2.05) is 31.5 Å². The number of nitrogen functional groups attached to an aromatic ring is 1. The molecule has 0 atom stereocenters. The number of hydrogen-bond acceptors (Lipinski definition) is 3. The topological polar surface area (TPSA) is 48.1 Å². The largest absolute Gasteiger partial charge is 0.497 e. The van der Waals surface area contributed by atoms with Crippen molar-refractivity contribution in [3.8, 4) is 16.9 Å². The van der Waals surface area contributed by atoms with Gasteiger partial charge >= 0.3 is 0 Å². The van der Waals surface area contributed by atoms with E-state index in [0.29, 0.717) is 5.69 Å². The molecule has 0 unspecified atom stereocenters. The number of pyridine rings is 1. The van der Waals surface area contributed by atoms with Crippen LogP contribution in [0.15, 0.2) is 36.7 Å². The Balaban J connectivity index is 2.51. The molecular formula is C13H14N2O. The third-order valence-electron chi connectivity index (χ3n) is 2.37. The first-order valence-electron chi connectivity index (χ1n) is 5.05. The van der Waals surface area contributed by atoms with Crippen molar-refractivity contribution in [1.29, 1.82) is 0 Å². The summed E-state index contributed by atoms with van der Waals surface area (Å²) in [4.78, 5) is 4.16. The fourth-order valence-corrected chi connectivity index (χ4v) is 1.62. The summed E-state index contributed by atoms with van der Waals surface area (Å²) in [5.41, 5.74) is 9.69. The highest BCUT2D eigenvalue weighted by Gasteiger charge is 2.02. The zero-order valence-electron chi connectivity index (χ0n) is 9.40. The predicted octanol–water partition coefficient (Wildman–Crippen LogP) is 2.65. The van der Waals surface area contributed by atoms with E-state index in [4.69, 9.17) is 10.5 Å². The maximum absolute atomic E-state index is 5.81. The molecule has 0 aliphatic rings. The van der Waals surface area contributed by atoms with Crippen LogP contribution in [-0.2, 0) is 0 Å². The molecule has 3 heteroatoms. The maximum atomic E-state index is 5.81. The molecule has 2 N–H and O–H groups in total. The third-order valence-corrected chi connectivity index (χ3v) is 2.37. The number of hydrogen-bond donors (Lipinski definition) is 1. The quantitative estimate of drug-likeness (QED) is 0.782. The van der Waals surface area contributed by atoms with E-state index in [0.717, 1.165) is 22.4 Å². The van der Waals surface area contributed by atoms with Crippen LogP contribution in [0.4, 0.5) is 5.69 Å². The number of nitrogens with zero attached hydrogens (tertiary/aromatic N) is 1. The van der Waals surface area contributed by atoms with Crippen molar-refractivity contribution in [1.82, 2.24) is 4.98 Å². The molecule has 0 saturated heterocycles. The van der Waals surface area contributed by atoms with Gasteiger partial charge in [-0.3, -0.25) is 4.98 Å². The highest BCUT2D eigenvalue weighted by Crippen LogP contribution is 2.27. The molecule has 0 radical (unpaired) electrons. The van der Waals surface area contributed by atoms with Gasteiger partial charge in [0.2, 0.25) is 0 Å². The van der Waals surface area contributed by atoms with Gasteiger partial charge in [-0.05, 0) is 36.2 Å². The van der Waals surface area contributed by atoms with Gasteiger partial charge in [0.15, 0.2) is 0 Å². The second kappa shape index (κ2) is 4.23. The van der Waals surface area contributed by atoms with Crippen LogP contribution >= 0.6 is 0 Å². The zero-order chi connectivity index (χ0) is 11.5. The third kappa shape index (κ3) is 2.14. The van der Waals surface area contributed by atoms with Crippen molar-refractivity contribution >= 4 is 5.69 Å². The highest BCUT2D eigenvalue weighted by atomic mass is 16.5. The van der Waals surface area contributed by atoms with Crippen LogP contribution in [0.25, 0.3) is 11.1 Å². The van der Waals surface area contributed by atoms with Gasteiger partial charge in [0, 0.05) is 29.7 Å². The molecule has 1 aromatic carbocycles. The Morgan fingerprint density at radius 1 is 1.06 bits per heavy atom. The van der Waals surface area contributed by atoms with Gasteiger partial charge in [0.05, 0.1) is 7.11 Å². The van der Waals surface area contributed by atoms with Crippen molar-refractivity contribution in [2.75, 3.05) is 12.8 Å². The second-order valence-electron chi connectivity index (χ2n) is 3.75. The molecule has 16 heavy (non-hydrogen) atoms. The lowest BCUT2D eigenvalue weighted by Gasteiger charge is -2.07. The number of aromatic nitrogens is 1. The molecule has 0 aliphatic heterocycles. The van der Waals surface area contributed by atoms with E-state index in [2.05, 4.69) is 11.1 Å². The zero-order valence-corrected chi connectivity index (χ0v) is 9.40. The summed E-state index contributed by atoms with van der Waals surface area (Å²) in [5, 5.41) is 0. The molecule has 0 amide bonds. The number of benzene rings is 1. The Kier molecular flexibility index (Phi) is 2.77. The summed E-state index contributed by atoms with van der Waals surface area (Å²) >= 11 is 0. The number of aryl methyl sites for hydroxylation is 1. The molecule has 0 bridgehead atoms. The molecule has 2 rings (SSSR count). The van der Waals surface area contributed by atoms with E-state index in [1.165, 1.54) is 0 Å². The van der Waals surface area contributed by atoms with Gasteiger partial charge in [-0.15, -0.1) is 0 Å². The predicted molar refractivity (Wildman–Crippen MR) is 65.4 cm³/mol. The average molecular weight is 214 g/mol. The van der Waals surface area contributed by atoms with Gasteiger partial charge in [0.1, 0.15) is 5.75 Å². The van der Waals surface area contributed by atoms with Crippen molar-refractivity contribution in [2.45, 2.75) is 6.92 Å². The van der Waals surface area contributed by atoms with Crippen molar-refractivity contribution in [3.63, 3.8) is 0 Å². The summed E-state index contributed by atoms with van der Waals surface area (Å²) < 4.78 is 5.19. The van der Waals surface area contributed by atoms with Crippen LogP contribution < -0.4 is 10.5 Å². The van der Waals surface area contributed by atoms with Crippen LogP contribution in [0, 0.1) is 6.92 Å². The minimum absolute atomic E-state index is 0.691. The number of methoxy groups -OCH3 is 1. The molecule has 2 aromatic rings. The number of ether oxygens (including phenoxy) is 1. The van der Waals surface area contributed by atoms with Crippen molar-refractivity contribution < 1.29 is 4.74 Å². The lowest BCUT2D eigenvalue weighted by atomic mass is 10.1. The highest BCUT2D eigenvalue weighted by molar-refractivity contribution is 5.69. The standard InChI is InChI=1S/C13H14N2O/c1-9-3-11(8-15-7-9)10-4-12(14)6-13(5-10)16-2/h3-8H,14H2,1-2H3. The number of anilines is 1. The summed E-state index contributed by atoms with van der Waals surface area (Å²) in [7, 11) is 1.63. The van der Waals surface area contributed by atoms with Crippen molar-refractivity contribution in [2.24, 2.45) is 0 Å². The molecule has 82 valence electrons. The molecule has 0 aliphatic carbocycles. The van der Waals surface area contributed by atoms with E-state index in [-0.39, 0.29) is 0 Å². The monoisotopic (exact) mass is 214 g/mol. The molecule has 0 spiro atoms. The van der Waals surface area contributed by atoms with E-state index < -0.39 is 0 Å². The van der Waals surface area contributed by atoms with Gasteiger partial charge in [-0.2, -0.15) is 0 Å². The van der Waals surface area contributed by atoms with Crippen LogP contribution in [-0.4, -0.2) is 12.1 Å². The van der Waals surface area contributed by atoms with Gasteiger partial charge in [0.25, 0.3) is 0 Å². The van der Waals surface area contributed by atoms with Crippen LogP contribution in [0.5, 0.6) is 5.75 Å². The van der Waals surface area contributed by atoms with E-state index in [1.54, 1.807) is 13.2 Å². The van der Waals surface area contributed by atoms with Gasteiger partial charge in [-0.25, -0.2) is 0 Å². The summed E-state index contributed by atoms with van der Waals surface area (Å²) in [6, 6.07) is 7.74. The average Bonchev–Trinajstić information content (AvgIpc) is 2.28. The Hall–Kier alpha value is -2.03. The van der Waals surface area contributed by atoms with Crippen LogP contribution in [0.3, 0.4) is 0 Å². The fourth-order valence-electron chi connectivity index (χ4n) is 1.62. The lowest BCUT2D eigenvalue weighted by molar-refractivity contribution is 0.415. The second-order valence-corrected chi connectivity index (χ2v) is 3.75. The molecule has 1 aromatic heterocycles. The molecule has 3 nitrogen and oxygen atoms in total.